The maximum absolute atomic E-state index is 12.7. The molecule has 1 amide bonds. The van der Waals surface area contributed by atoms with Crippen molar-refractivity contribution in [1.29, 1.82) is 0 Å². The van der Waals surface area contributed by atoms with Gasteiger partial charge in [0.1, 0.15) is 5.75 Å². The number of hydrogen-bond donors (Lipinski definition) is 1. The first-order valence-corrected chi connectivity index (χ1v) is 10.4. The normalized spacial score (nSPS) is 20.0. The van der Waals surface area contributed by atoms with E-state index in [1.807, 2.05) is 31.2 Å². The molecule has 0 radical (unpaired) electrons. The van der Waals surface area contributed by atoms with Gasteiger partial charge in [-0.1, -0.05) is 19.1 Å². The van der Waals surface area contributed by atoms with Gasteiger partial charge in [-0.15, -0.1) is 0 Å². The van der Waals surface area contributed by atoms with E-state index in [0.29, 0.717) is 6.54 Å². The summed E-state index contributed by atoms with van der Waals surface area (Å²) in [6, 6.07) is 7.56. The van der Waals surface area contributed by atoms with Gasteiger partial charge >= 0.3 is 0 Å². The highest BCUT2D eigenvalue weighted by Crippen LogP contribution is 2.23. The predicted molar refractivity (Wildman–Crippen MR) is 97.9 cm³/mol. The number of hydrogen-bond acceptors (Lipinski definition) is 4. The minimum atomic E-state index is -3.24. The van der Waals surface area contributed by atoms with Gasteiger partial charge in [-0.05, 0) is 43.9 Å². The Hall–Kier alpha value is -1.60. The number of rotatable bonds is 7. The minimum absolute atomic E-state index is 0.0707. The molecule has 0 spiro atoms. The summed E-state index contributed by atoms with van der Waals surface area (Å²) < 4.78 is 30.7. The average molecular weight is 368 g/mol. The lowest BCUT2D eigenvalue weighted by Gasteiger charge is -2.32. The summed E-state index contributed by atoms with van der Waals surface area (Å²) in [5.74, 6) is 0.490. The summed E-state index contributed by atoms with van der Waals surface area (Å²) in [6.45, 7) is 4.44. The van der Waals surface area contributed by atoms with E-state index in [-0.39, 0.29) is 30.2 Å². The van der Waals surface area contributed by atoms with Crippen LogP contribution in [-0.4, -0.2) is 44.6 Å². The highest BCUT2D eigenvalue weighted by Gasteiger charge is 2.32. The highest BCUT2D eigenvalue weighted by molar-refractivity contribution is 7.89. The van der Waals surface area contributed by atoms with Crippen LogP contribution >= 0.6 is 0 Å². The van der Waals surface area contributed by atoms with Gasteiger partial charge in [0.15, 0.2) is 0 Å². The van der Waals surface area contributed by atoms with Crippen molar-refractivity contribution < 1.29 is 17.9 Å². The van der Waals surface area contributed by atoms with Gasteiger partial charge in [-0.3, -0.25) is 4.79 Å². The number of sulfonamides is 1. The van der Waals surface area contributed by atoms with Gasteiger partial charge in [-0.25, -0.2) is 12.7 Å². The molecule has 0 saturated carbocycles. The summed E-state index contributed by atoms with van der Waals surface area (Å²) in [4.78, 5) is 12.7. The molecule has 6 nitrogen and oxygen atoms in total. The van der Waals surface area contributed by atoms with E-state index in [1.165, 1.54) is 4.31 Å². The number of amides is 1. The first-order valence-electron chi connectivity index (χ1n) is 8.83. The molecule has 2 rings (SSSR count). The van der Waals surface area contributed by atoms with E-state index < -0.39 is 10.0 Å². The highest BCUT2D eigenvalue weighted by atomic mass is 32.2. The van der Waals surface area contributed by atoms with Crippen LogP contribution in [-0.2, 0) is 14.8 Å². The van der Waals surface area contributed by atoms with Crippen molar-refractivity contribution in [3.8, 4) is 5.75 Å². The average Bonchev–Trinajstić information content (AvgIpc) is 2.66. The molecule has 1 N–H and O–H groups in total. The van der Waals surface area contributed by atoms with Crippen molar-refractivity contribution in [3.63, 3.8) is 0 Å². The molecular weight excluding hydrogens is 340 g/mol. The van der Waals surface area contributed by atoms with Crippen LogP contribution < -0.4 is 10.1 Å². The van der Waals surface area contributed by atoms with Crippen LogP contribution in [0.4, 0.5) is 0 Å². The summed E-state index contributed by atoms with van der Waals surface area (Å²) in [5, 5.41) is 3.08. The van der Waals surface area contributed by atoms with Gasteiger partial charge in [-0.2, -0.15) is 0 Å². The third-order valence-electron chi connectivity index (χ3n) is 4.76. The van der Waals surface area contributed by atoms with Crippen LogP contribution in [0.3, 0.4) is 0 Å². The number of benzene rings is 1. The van der Waals surface area contributed by atoms with E-state index in [1.54, 1.807) is 14.0 Å². The number of carbonyl (C=O) groups excluding carboxylic acids is 1. The zero-order valence-corrected chi connectivity index (χ0v) is 16.0. The molecule has 140 valence electrons. The Morgan fingerprint density at radius 1 is 1.32 bits per heavy atom. The molecule has 7 heteroatoms. The molecule has 25 heavy (non-hydrogen) atoms. The number of nitrogens with zero attached hydrogens (tertiary/aromatic N) is 1. The van der Waals surface area contributed by atoms with Crippen LogP contribution in [0, 0.1) is 5.92 Å². The third-order valence-corrected chi connectivity index (χ3v) is 6.60. The molecule has 1 saturated heterocycles. The largest absolute Gasteiger partial charge is 0.497 e. The lowest BCUT2D eigenvalue weighted by Crippen LogP contribution is -2.46. The first kappa shape index (κ1) is 19.7. The Morgan fingerprint density at radius 2 is 2.00 bits per heavy atom. The quantitative estimate of drug-likeness (QED) is 0.801. The second-order valence-corrected chi connectivity index (χ2v) is 8.60. The topological polar surface area (TPSA) is 75.7 Å². The van der Waals surface area contributed by atoms with Gasteiger partial charge in [0.05, 0.1) is 24.8 Å². The fourth-order valence-corrected chi connectivity index (χ4v) is 4.32. The lowest BCUT2D eigenvalue weighted by molar-refractivity contribution is -0.126. The van der Waals surface area contributed by atoms with Crippen molar-refractivity contribution in [2.45, 2.75) is 39.2 Å². The fourth-order valence-electron chi connectivity index (χ4n) is 3.14. The van der Waals surface area contributed by atoms with Gasteiger partial charge in [0, 0.05) is 13.1 Å². The second-order valence-electron chi connectivity index (χ2n) is 6.34. The smallest absolute Gasteiger partial charge is 0.224 e. The molecule has 0 aliphatic carbocycles. The number of piperidine rings is 1. The molecule has 1 aromatic carbocycles. The first-order chi connectivity index (χ1) is 11.9. The molecule has 0 bridgehead atoms. The molecule has 1 heterocycles. The van der Waals surface area contributed by atoms with Gasteiger partial charge in [0.25, 0.3) is 0 Å². The minimum Gasteiger partial charge on any atom is -0.497 e. The van der Waals surface area contributed by atoms with Crippen molar-refractivity contribution in [3.05, 3.63) is 29.8 Å². The second kappa shape index (κ2) is 8.67. The number of nitrogens with one attached hydrogen (secondary N) is 1. The Kier molecular flexibility index (Phi) is 6.84. The maximum atomic E-state index is 12.7. The number of ether oxygens (including phenoxy) is 1. The molecular formula is C18H28N2O4S. The monoisotopic (exact) mass is 368 g/mol. The molecule has 0 aromatic heterocycles. The molecule has 1 fully saturated rings. The van der Waals surface area contributed by atoms with Crippen LogP contribution in [0.5, 0.6) is 5.75 Å². The summed E-state index contributed by atoms with van der Waals surface area (Å²) in [7, 11) is -1.62. The zero-order valence-electron chi connectivity index (χ0n) is 15.2. The molecule has 1 aliphatic heterocycles. The zero-order chi connectivity index (χ0) is 18.4. The van der Waals surface area contributed by atoms with Crippen LogP contribution in [0.1, 0.15) is 44.7 Å². The molecule has 2 atom stereocenters. The molecule has 1 aliphatic rings. The Bertz CT molecular complexity index is 673. The van der Waals surface area contributed by atoms with Crippen molar-refractivity contribution in [1.82, 2.24) is 9.62 Å². The SMILES string of the molecule is CC[C@H](NC(=O)[C@H]1CCCN(S(=O)(=O)CC)C1)c1ccc(OC)cc1. The van der Waals surface area contributed by atoms with Crippen LogP contribution in [0.25, 0.3) is 0 Å². The van der Waals surface area contributed by atoms with Crippen LogP contribution in [0.15, 0.2) is 24.3 Å². The summed E-state index contributed by atoms with van der Waals surface area (Å²) in [5.41, 5.74) is 1.02. The van der Waals surface area contributed by atoms with Crippen LogP contribution in [0.2, 0.25) is 0 Å². The molecule has 1 aromatic rings. The Balaban J connectivity index is 2.03. The van der Waals surface area contributed by atoms with E-state index in [2.05, 4.69) is 5.32 Å². The fraction of sp³-hybridized carbons (Fsp3) is 0.611. The number of methoxy groups -OCH3 is 1. The van der Waals surface area contributed by atoms with Gasteiger partial charge in [0.2, 0.25) is 15.9 Å². The molecule has 0 unspecified atom stereocenters. The van der Waals surface area contributed by atoms with E-state index in [4.69, 9.17) is 4.74 Å². The number of carbonyl (C=O) groups is 1. The lowest BCUT2D eigenvalue weighted by atomic mass is 9.97. The third kappa shape index (κ3) is 4.95. The van der Waals surface area contributed by atoms with Crippen molar-refractivity contribution in [2.24, 2.45) is 5.92 Å². The Morgan fingerprint density at radius 3 is 2.56 bits per heavy atom. The van der Waals surface area contributed by atoms with E-state index in [9.17, 15) is 13.2 Å². The Labute approximate surface area is 150 Å². The predicted octanol–water partition coefficient (Wildman–Crippen LogP) is 2.32. The summed E-state index contributed by atoms with van der Waals surface area (Å²) >= 11 is 0. The van der Waals surface area contributed by atoms with Crippen molar-refractivity contribution in [2.75, 3.05) is 26.0 Å². The van der Waals surface area contributed by atoms with E-state index in [0.717, 1.165) is 30.6 Å². The van der Waals surface area contributed by atoms with Gasteiger partial charge < -0.3 is 10.1 Å². The van der Waals surface area contributed by atoms with E-state index >= 15 is 0 Å². The summed E-state index contributed by atoms with van der Waals surface area (Å²) in [6.07, 6.45) is 2.21. The van der Waals surface area contributed by atoms with Crippen molar-refractivity contribution >= 4 is 15.9 Å². The maximum Gasteiger partial charge on any atom is 0.224 e. The standard InChI is InChI=1S/C18H28N2O4S/c1-4-17(14-8-10-16(24-3)11-9-14)19-18(21)15-7-6-12-20(13-15)25(22,23)5-2/h8-11,15,17H,4-7,12-13H2,1-3H3,(H,19,21)/t15-,17-/m0/s1.